The summed E-state index contributed by atoms with van der Waals surface area (Å²) in [6.45, 7) is 8.03. The summed E-state index contributed by atoms with van der Waals surface area (Å²) in [6, 6.07) is 7.27. The summed E-state index contributed by atoms with van der Waals surface area (Å²) in [5.74, 6) is -1.49. The van der Waals surface area contributed by atoms with Gasteiger partial charge in [0.15, 0.2) is 0 Å². The molecule has 2 amide bonds. The van der Waals surface area contributed by atoms with Crippen LogP contribution in [0.4, 0.5) is 0 Å². The van der Waals surface area contributed by atoms with Gasteiger partial charge in [0.2, 0.25) is 11.8 Å². The van der Waals surface area contributed by atoms with Crippen LogP contribution in [-0.4, -0.2) is 148 Å². The minimum atomic E-state index is -1.09. The minimum Gasteiger partial charge on any atom is -0.480 e. The predicted molar refractivity (Wildman–Crippen MR) is 199 cm³/mol. The molecule has 51 heavy (non-hydrogen) atoms. The first kappa shape index (κ1) is 47.0. The number of hydrogen-bond acceptors (Lipinski definition) is 12. The Morgan fingerprint density at radius 1 is 0.608 bits per heavy atom. The van der Waals surface area contributed by atoms with Gasteiger partial charge in [-0.05, 0) is 72.4 Å². The quantitative estimate of drug-likeness (QED) is 0.0562. The van der Waals surface area contributed by atoms with E-state index in [2.05, 4.69) is 57.5 Å². The van der Waals surface area contributed by atoms with Gasteiger partial charge in [-0.15, -0.1) is 0 Å². The van der Waals surface area contributed by atoms with Crippen molar-refractivity contribution in [1.29, 1.82) is 0 Å². The largest absolute Gasteiger partial charge is 0.480 e. The summed E-state index contributed by atoms with van der Waals surface area (Å²) in [7, 11) is 0. The van der Waals surface area contributed by atoms with Gasteiger partial charge in [0, 0.05) is 29.5 Å². The molecule has 0 aliphatic heterocycles. The van der Waals surface area contributed by atoms with Crippen molar-refractivity contribution in [1.82, 2.24) is 10.6 Å². The Kier molecular flexibility index (Phi) is 32.3. The first-order valence-corrected chi connectivity index (χ1v) is 18.9. The van der Waals surface area contributed by atoms with E-state index in [0.29, 0.717) is 131 Å². The van der Waals surface area contributed by atoms with E-state index in [1.165, 1.54) is 9.13 Å². The molecule has 1 atom stereocenters. The third-order valence-electron chi connectivity index (χ3n) is 7.00. The third-order valence-corrected chi connectivity index (χ3v) is 7.72. The lowest BCUT2D eigenvalue weighted by Crippen LogP contribution is -2.41. The molecule has 0 radical (unpaired) electrons. The van der Waals surface area contributed by atoms with Crippen molar-refractivity contribution in [2.75, 3.05) is 119 Å². The molecule has 0 saturated carbocycles. The summed E-state index contributed by atoms with van der Waals surface area (Å²) in [5, 5.41) is 14.9. The van der Waals surface area contributed by atoms with Gasteiger partial charge < -0.3 is 59.4 Å². The zero-order valence-electron chi connectivity index (χ0n) is 30.0. The van der Waals surface area contributed by atoms with Gasteiger partial charge in [-0.3, -0.25) is 9.59 Å². The summed E-state index contributed by atoms with van der Waals surface area (Å²) in [4.78, 5) is 35.8. The predicted octanol–water partition coefficient (Wildman–Crippen LogP) is 1.95. The first-order valence-electron chi connectivity index (χ1n) is 17.8. The molecule has 0 aliphatic carbocycles. The summed E-state index contributed by atoms with van der Waals surface area (Å²) in [6.07, 6.45) is 3.57. The number of benzene rings is 1. The lowest BCUT2D eigenvalue weighted by atomic mass is 10.1. The molecule has 0 heterocycles. The van der Waals surface area contributed by atoms with Crippen LogP contribution in [0.25, 0.3) is 0 Å². The number of nitrogens with two attached hydrogens (primary N) is 1. The van der Waals surface area contributed by atoms with Crippen LogP contribution in [-0.2, 0) is 58.7 Å². The molecule has 0 saturated heterocycles. The molecule has 1 aromatic carbocycles. The normalized spacial score (nSPS) is 11.8. The Hall–Kier alpha value is -2.00. The van der Waals surface area contributed by atoms with Gasteiger partial charge in [0.25, 0.3) is 0 Å². The second kappa shape index (κ2) is 35.1. The number of carboxylic acids is 1. The summed E-state index contributed by atoms with van der Waals surface area (Å²) >= 11 is 2.26. The maximum Gasteiger partial charge on any atom is 0.326 e. The number of amides is 2. The number of unbranched alkanes of at least 4 members (excludes halogenated alkanes) is 1. The van der Waals surface area contributed by atoms with E-state index >= 15 is 0 Å². The van der Waals surface area contributed by atoms with E-state index in [1.54, 1.807) is 0 Å². The highest BCUT2D eigenvalue weighted by Gasteiger charge is 2.19. The third kappa shape index (κ3) is 31.3. The minimum absolute atomic E-state index is 0.0135. The van der Waals surface area contributed by atoms with Crippen molar-refractivity contribution >= 4 is 40.4 Å². The monoisotopic (exact) mass is 841 g/mol. The second-order valence-electron chi connectivity index (χ2n) is 11.2. The second-order valence-corrected chi connectivity index (χ2v) is 12.5. The average molecular weight is 842 g/mol. The van der Waals surface area contributed by atoms with Gasteiger partial charge >= 0.3 is 5.97 Å². The molecule has 0 spiro atoms. The smallest absolute Gasteiger partial charge is 0.326 e. The molecule has 0 unspecified atom stereocenters. The lowest BCUT2D eigenvalue weighted by molar-refractivity contribution is -0.142. The van der Waals surface area contributed by atoms with Crippen LogP contribution in [0.15, 0.2) is 24.3 Å². The van der Waals surface area contributed by atoms with Crippen molar-refractivity contribution in [3.8, 4) is 0 Å². The number of carbonyl (C=O) groups is 3. The van der Waals surface area contributed by atoms with Crippen molar-refractivity contribution in [2.45, 2.75) is 51.0 Å². The molecule has 294 valence electrons. The highest BCUT2D eigenvalue weighted by atomic mass is 127. The molecular weight excluding hydrogens is 781 g/mol. The Balaban J connectivity index is 1.85. The topological polar surface area (TPSA) is 195 Å². The number of halogens is 1. The number of carboxylic acid groups (broad SMARTS) is 1. The molecular formula is C35H60IN3O12. The van der Waals surface area contributed by atoms with E-state index in [9.17, 15) is 19.5 Å². The number of nitrogens with one attached hydrogen (secondary N) is 2. The van der Waals surface area contributed by atoms with E-state index in [0.717, 1.165) is 12.8 Å². The van der Waals surface area contributed by atoms with E-state index < -0.39 is 12.0 Å². The molecule has 0 aliphatic rings. The molecule has 15 nitrogen and oxygen atoms in total. The molecule has 1 rings (SSSR count). The number of ether oxygens (including phenoxy) is 8. The van der Waals surface area contributed by atoms with Crippen LogP contribution in [0.3, 0.4) is 0 Å². The van der Waals surface area contributed by atoms with Gasteiger partial charge in [-0.2, -0.15) is 0 Å². The highest BCUT2D eigenvalue weighted by Crippen LogP contribution is 2.09. The van der Waals surface area contributed by atoms with Crippen molar-refractivity contribution in [2.24, 2.45) is 5.73 Å². The van der Waals surface area contributed by atoms with Gasteiger partial charge in [0.1, 0.15) is 6.04 Å². The lowest BCUT2D eigenvalue weighted by Gasteiger charge is -2.15. The first-order chi connectivity index (χ1) is 24.9. The fourth-order valence-corrected chi connectivity index (χ4v) is 4.67. The van der Waals surface area contributed by atoms with Crippen LogP contribution in [0.1, 0.15) is 44.1 Å². The number of carbonyl (C=O) groups excluding carboxylic acids is 2. The van der Waals surface area contributed by atoms with E-state index in [1.807, 2.05) is 0 Å². The number of hydrogen-bond donors (Lipinski definition) is 4. The van der Waals surface area contributed by atoms with Gasteiger partial charge in [0.05, 0.1) is 106 Å². The SMILES string of the molecule is NCCOCCOCCOCCOCCOCCOCCOCCOCCC(=O)N[C@@H](CCCCNC(=O)CCCc1ccc(I)cc1)C(=O)O. The fourth-order valence-electron chi connectivity index (χ4n) is 4.31. The molecule has 0 fully saturated rings. The number of aliphatic carboxylic acids is 1. The molecule has 0 aromatic heterocycles. The van der Waals surface area contributed by atoms with E-state index in [4.69, 9.17) is 43.6 Å². The molecule has 5 N–H and O–H groups in total. The maximum atomic E-state index is 12.2. The van der Waals surface area contributed by atoms with Crippen LogP contribution in [0, 0.1) is 3.57 Å². The van der Waals surface area contributed by atoms with Gasteiger partial charge in [-0.25, -0.2) is 4.79 Å². The molecule has 16 heteroatoms. The Labute approximate surface area is 316 Å². The Bertz CT molecular complexity index is 993. The van der Waals surface area contributed by atoms with E-state index in [-0.39, 0.29) is 31.3 Å². The van der Waals surface area contributed by atoms with Gasteiger partial charge in [-0.1, -0.05) is 12.1 Å². The molecule has 1 aromatic rings. The Morgan fingerprint density at radius 3 is 1.51 bits per heavy atom. The standard InChI is InChI=1S/C35H60IN3O12/c36-31-9-7-30(8-10-31)4-3-6-33(40)38-13-2-1-5-32(35(42)43)39-34(41)11-14-44-16-18-46-20-22-48-24-26-50-28-29-51-27-25-49-23-21-47-19-17-45-15-12-37/h7-10,32H,1-6,11-29,37H2,(H,38,40)(H,39,41)(H,42,43)/t32-/m0/s1. The highest BCUT2D eigenvalue weighted by molar-refractivity contribution is 14.1. The zero-order valence-corrected chi connectivity index (χ0v) is 32.1. The van der Waals surface area contributed by atoms with Crippen molar-refractivity contribution in [3.63, 3.8) is 0 Å². The van der Waals surface area contributed by atoms with Crippen LogP contribution in [0.2, 0.25) is 0 Å². The average Bonchev–Trinajstić information content (AvgIpc) is 3.11. The van der Waals surface area contributed by atoms with Crippen LogP contribution in [0.5, 0.6) is 0 Å². The fraction of sp³-hybridized carbons (Fsp3) is 0.743. The summed E-state index contributed by atoms with van der Waals surface area (Å²) < 4.78 is 44.4. The van der Waals surface area contributed by atoms with Crippen LogP contribution >= 0.6 is 22.6 Å². The zero-order chi connectivity index (χ0) is 37.0. The van der Waals surface area contributed by atoms with Crippen molar-refractivity contribution < 1.29 is 57.4 Å². The summed E-state index contributed by atoms with van der Waals surface area (Å²) in [5.41, 5.74) is 6.54. The van der Waals surface area contributed by atoms with Crippen LogP contribution < -0.4 is 16.4 Å². The number of rotatable bonds is 37. The maximum absolute atomic E-state index is 12.2. The number of aryl methyl sites for hydroxylation is 1. The molecule has 0 bridgehead atoms. The Morgan fingerprint density at radius 2 is 1.06 bits per heavy atom. The van der Waals surface area contributed by atoms with Crippen molar-refractivity contribution in [3.05, 3.63) is 33.4 Å².